The van der Waals surface area contributed by atoms with Gasteiger partial charge in [-0.25, -0.2) is 0 Å². The number of halogens is 2. The first-order valence-electron chi connectivity index (χ1n) is 11.4. The average molecular weight is 565 g/mol. The van der Waals surface area contributed by atoms with Crippen molar-refractivity contribution in [3.8, 4) is 11.1 Å². The van der Waals surface area contributed by atoms with E-state index in [4.69, 9.17) is 17.0 Å². The van der Waals surface area contributed by atoms with Gasteiger partial charge in [-0.2, -0.15) is 0 Å². The maximum absolute atomic E-state index is 4.93. The molecule has 2 aromatic carbocycles. The molecule has 0 N–H and O–H groups in total. The molecule has 0 radical (unpaired) electrons. The summed E-state index contributed by atoms with van der Waals surface area (Å²) < 4.78 is 0. The van der Waals surface area contributed by atoms with Crippen LogP contribution in [0.15, 0.2) is 64.8 Å². The van der Waals surface area contributed by atoms with Crippen LogP contribution in [0.2, 0.25) is 0 Å². The van der Waals surface area contributed by atoms with Crippen LogP contribution in [0.5, 0.6) is 0 Å². The third kappa shape index (κ3) is 9.51. The van der Waals surface area contributed by atoms with E-state index < -0.39 is 20.8 Å². The number of fused-ring (bicyclic) bond motifs is 3. The van der Waals surface area contributed by atoms with Crippen molar-refractivity contribution in [3.63, 3.8) is 0 Å². The van der Waals surface area contributed by atoms with E-state index in [0.717, 1.165) is 6.42 Å². The Morgan fingerprint density at radius 2 is 1.30 bits per heavy atom. The van der Waals surface area contributed by atoms with Gasteiger partial charge >= 0.3 is 37.9 Å². The van der Waals surface area contributed by atoms with Gasteiger partial charge in [0.1, 0.15) is 0 Å². The van der Waals surface area contributed by atoms with Gasteiger partial charge in [-0.15, -0.1) is 0 Å². The average Bonchev–Trinajstić information content (AvgIpc) is 3.24. The molecule has 2 aliphatic rings. The Morgan fingerprint density at radius 3 is 1.85 bits per heavy atom. The van der Waals surface area contributed by atoms with E-state index >= 15 is 0 Å². The molecule has 0 bridgehead atoms. The molecular weight excluding hydrogens is 522 g/mol. The molecule has 0 saturated heterocycles. The van der Waals surface area contributed by atoms with Crippen molar-refractivity contribution in [2.75, 3.05) is 0 Å². The molecule has 4 rings (SSSR count). The molecule has 0 fully saturated rings. The summed E-state index contributed by atoms with van der Waals surface area (Å²) in [5.41, 5.74) is 13.5. The first-order valence-corrected chi connectivity index (χ1v) is 17.7. The van der Waals surface area contributed by atoms with E-state index in [1.54, 1.807) is 11.1 Å². The molecule has 0 amide bonds. The van der Waals surface area contributed by atoms with Crippen molar-refractivity contribution in [3.05, 3.63) is 96.3 Å². The SMILES string of the molecule is CC1=C(C)C(C)=C(C)C1.CCCCCCc1ccc2c(c1)Cc1ccccc1-2.[CH3-].[CH3-].[Cl][Zr+2][Cl]. The van der Waals surface area contributed by atoms with Crippen LogP contribution in [0.4, 0.5) is 0 Å². The topological polar surface area (TPSA) is 0 Å². The number of benzene rings is 2. The van der Waals surface area contributed by atoms with Gasteiger partial charge < -0.3 is 14.9 Å². The molecule has 0 unspecified atom stereocenters. The van der Waals surface area contributed by atoms with Gasteiger partial charge in [0.15, 0.2) is 0 Å². The summed E-state index contributed by atoms with van der Waals surface area (Å²) in [4.78, 5) is 0. The Hall–Kier alpha value is -0.617. The number of rotatable bonds is 5. The minimum absolute atomic E-state index is 0. The van der Waals surface area contributed by atoms with Gasteiger partial charge in [-0.1, -0.05) is 79.8 Å². The molecule has 2 aliphatic carbocycles. The van der Waals surface area contributed by atoms with Gasteiger partial charge in [0.25, 0.3) is 0 Å². The summed E-state index contributed by atoms with van der Waals surface area (Å²) in [7, 11) is 9.87. The Labute approximate surface area is 223 Å². The normalized spacial score (nSPS) is 12.8. The van der Waals surface area contributed by atoms with Crippen LogP contribution >= 0.6 is 17.0 Å². The zero-order valence-electron chi connectivity index (χ0n) is 21.7. The van der Waals surface area contributed by atoms with Crippen molar-refractivity contribution in [2.45, 2.75) is 79.6 Å². The van der Waals surface area contributed by atoms with Gasteiger partial charge in [0.2, 0.25) is 0 Å². The molecule has 0 nitrogen and oxygen atoms in total. The predicted octanol–water partition coefficient (Wildman–Crippen LogP) is 10.7. The standard InChI is InChI=1S/C19H22.C9H14.2CH3.2ClH.Zr/c1-2-3-4-5-8-15-11-12-19-17(13-15)14-16-9-6-7-10-18(16)19;1-6-5-7(2)9(4)8(6)3;;;;;/h6-7,9-13H,2-5,8,14H2,1H3;5H2,1-4H3;2*1H3;2*1H;/q;;2*-1;;;+4/p-2. The Morgan fingerprint density at radius 1 is 0.727 bits per heavy atom. The molecule has 0 atom stereocenters. The zero-order valence-corrected chi connectivity index (χ0v) is 25.7. The quantitative estimate of drug-likeness (QED) is 0.214. The molecule has 0 spiro atoms. The number of hydrogen-bond acceptors (Lipinski definition) is 0. The van der Waals surface area contributed by atoms with E-state index in [2.05, 4.69) is 77.1 Å². The number of aryl methyl sites for hydroxylation is 1. The molecule has 0 heterocycles. The maximum atomic E-state index is 4.93. The van der Waals surface area contributed by atoms with Crippen LogP contribution in [0.3, 0.4) is 0 Å². The predicted molar refractivity (Wildman–Crippen MR) is 148 cm³/mol. The third-order valence-electron chi connectivity index (χ3n) is 6.55. The second-order valence-corrected chi connectivity index (χ2v) is 12.4. The second-order valence-electron chi connectivity index (χ2n) is 8.69. The monoisotopic (exact) mass is 562 g/mol. The van der Waals surface area contributed by atoms with Gasteiger partial charge in [-0.3, -0.25) is 0 Å². The fourth-order valence-electron chi connectivity index (χ4n) is 4.41. The number of allylic oxidation sites excluding steroid dienone is 4. The van der Waals surface area contributed by atoms with Crippen LogP contribution < -0.4 is 0 Å². The summed E-state index contributed by atoms with van der Waals surface area (Å²) in [5, 5.41) is 0. The molecule has 0 aromatic heterocycles. The number of unbranched alkanes of at least 4 members (excludes halogenated alkanes) is 3. The van der Waals surface area contributed by atoms with Crippen molar-refractivity contribution in [1.29, 1.82) is 0 Å². The molecular formula is C30H42Cl2Zr. The summed E-state index contributed by atoms with van der Waals surface area (Å²) in [5.74, 6) is 0. The Balaban J connectivity index is 0.000000621. The van der Waals surface area contributed by atoms with Crippen LogP contribution in [0.25, 0.3) is 11.1 Å². The van der Waals surface area contributed by atoms with E-state index in [-0.39, 0.29) is 14.9 Å². The van der Waals surface area contributed by atoms with Crippen molar-refractivity contribution in [1.82, 2.24) is 0 Å². The minimum atomic E-state index is -0.826. The van der Waals surface area contributed by atoms with Crippen molar-refractivity contribution < 1.29 is 20.8 Å². The summed E-state index contributed by atoms with van der Waals surface area (Å²) in [6.45, 7) is 11.1. The van der Waals surface area contributed by atoms with Gasteiger partial charge in [0, 0.05) is 0 Å². The molecule has 3 heteroatoms. The number of hydrogen-bond donors (Lipinski definition) is 0. The molecule has 0 saturated carbocycles. The van der Waals surface area contributed by atoms with Crippen molar-refractivity contribution in [2.24, 2.45) is 0 Å². The van der Waals surface area contributed by atoms with Gasteiger partial charge in [-0.05, 0) is 92.3 Å². The Kier molecular flexibility index (Phi) is 16.6. The molecule has 180 valence electrons. The zero-order chi connectivity index (χ0) is 22.8. The molecule has 33 heavy (non-hydrogen) atoms. The van der Waals surface area contributed by atoms with Crippen molar-refractivity contribution >= 4 is 17.0 Å². The van der Waals surface area contributed by atoms with E-state index in [9.17, 15) is 0 Å². The summed E-state index contributed by atoms with van der Waals surface area (Å²) >= 11 is -0.826. The first kappa shape index (κ1) is 32.4. The second kappa shape index (κ2) is 16.9. The summed E-state index contributed by atoms with van der Waals surface area (Å²) in [6.07, 6.45) is 8.96. The molecule has 0 aliphatic heterocycles. The van der Waals surface area contributed by atoms with Gasteiger partial charge in [0.05, 0.1) is 0 Å². The van der Waals surface area contributed by atoms with Crippen LogP contribution in [-0.4, -0.2) is 0 Å². The van der Waals surface area contributed by atoms with E-state index in [1.807, 2.05) is 0 Å². The fourth-order valence-corrected chi connectivity index (χ4v) is 4.41. The fraction of sp³-hybridized carbons (Fsp3) is 0.400. The Bertz CT molecular complexity index is 903. The molecule has 2 aromatic rings. The first-order chi connectivity index (χ1) is 14.9. The third-order valence-corrected chi connectivity index (χ3v) is 6.55. The van der Waals surface area contributed by atoms with E-state index in [0.29, 0.717) is 0 Å². The van der Waals surface area contributed by atoms with Crippen LogP contribution in [0.1, 0.15) is 83.4 Å². The van der Waals surface area contributed by atoms with E-state index in [1.165, 1.54) is 77.5 Å². The van der Waals surface area contributed by atoms with Crippen LogP contribution in [0, 0.1) is 14.9 Å². The van der Waals surface area contributed by atoms with Crippen LogP contribution in [-0.2, 0) is 33.7 Å². The summed E-state index contributed by atoms with van der Waals surface area (Å²) in [6, 6.07) is 15.9.